The first-order valence-electron chi connectivity index (χ1n) is 5.67. The van der Waals surface area contributed by atoms with E-state index < -0.39 is 0 Å². The van der Waals surface area contributed by atoms with E-state index in [4.69, 9.17) is 0 Å². The zero-order valence-electron chi connectivity index (χ0n) is 10.0. The van der Waals surface area contributed by atoms with Crippen molar-refractivity contribution in [1.82, 2.24) is 9.55 Å². The highest BCUT2D eigenvalue weighted by molar-refractivity contribution is 5.84. The number of aromatic nitrogens is 2. The van der Waals surface area contributed by atoms with Gasteiger partial charge in [0.15, 0.2) is 5.82 Å². The molecule has 0 aliphatic rings. The second kappa shape index (κ2) is 4.47. The van der Waals surface area contributed by atoms with Crippen LogP contribution in [-0.2, 0) is 7.05 Å². The van der Waals surface area contributed by atoms with E-state index in [0.717, 1.165) is 23.3 Å². The van der Waals surface area contributed by atoms with Gasteiger partial charge in [-0.15, -0.1) is 0 Å². The third-order valence-electron chi connectivity index (χ3n) is 2.86. The van der Waals surface area contributed by atoms with Gasteiger partial charge in [-0.25, -0.2) is 4.98 Å². The Balaban J connectivity index is 2.38. The van der Waals surface area contributed by atoms with Gasteiger partial charge in [-0.05, 0) is 25.5 Å². The molecular formula is C13H17N3. The molecule has 0 N–H and O–H groups in total. The van der Waals surface area contributed by atoms with Gasteiger partial charge in [0.1, 0.15) is 0 Å². The van der Waals surface area contributed by atoms with E-state index in [1.165, 1.54) is 0 Å². The first-order chi connectivity index (χ1) is 7.72. The number of aliphatic imine (C=N–C) groups is 1. The van der Waals surface area contributed by atoms with Crippen molar-refractivity contribution in [1.29, 1.82) is 0 Å². The van der Waals surface area contributed by atoms with Crippen LogP contribution >= 0.6 is 0 Å². The standard InChI is InChI=1S/C13H17N3/c1-4-10(2)14-9-13-15-11-7-5-6-8-12(11)16(13)3/h5-10H,4H2,1-3H3/b14-9+. The van der Waals surface area contributed by atoms with Crippen molar-refractivity contribution < 1.29 is 0 Å². The molecule has 16 heavy (non-hydrogen) atoms. The number of nitrogens with zero attached hydrogens (tertiary/aromatic N) is 3. The Morgan fingerprint density at radius 3 is 2.88 bits per heavy atom. The summed E-state index contributed by atoms with van der Waals surface area (Å²) in [6.45, 7) is 4.25. The van der Waals surface area contributed by atoms with Crippen LogP contribution in [0.5, 0.6) is 0 Å². The molecule has 0 amide bonds. The van der Waals surface area contributed by atoms with Crippen molar-refractivity contribution in [3.05, 3.63) is 30.1 Å². The number of imidazole rings is 1. The van der Waals surface area contributed by atoms with E-state index in [0.29, 0.717) is 6.04 Å². The fourth-order valence-electron chi connectivity index (χ4n) is 1.58. The van der Waals surface area contributed by atoms with Crippen LogP contribution in [0.25, 0.3) is 11.0 Å². The van der Waals surface area contributed by atoms with Gasteiger partial charge < -0.3 is 4.57 Å². The molecule has 0 radical (unpaired) electrons. The van der Waals surface area contributed by atoms with E-state index in [1.807, 2.05) is 31.5 Å². The second-order valence-corrected chi connectivity index (χ2v) is 4.05. The van der Waals surface area contributed by atoms with E-state index >= 15 is 0 Å². The molecule has 1 aromatic heterocycles. The molecule has 0 spiro atoms. The molecule has 3 nitrogen and oxygen atoms in total. The van der Waals surface area contributed by atoms with Gasteiger partial charge >= 0.3 is 0 Å². The number of para-hydroxylation sites is 2. The topological polar surface area (TPSA) is 30.2 Å². The summed E-state index contributed by atoms with van der Waals surface area (Å²) in [4.78, 5) is 8.99. The Kier molecular flexibility index (Phi) is 3.04. The van der Waals surface area contributed by atoms with E-state index in [9.17, 15) is 0 Å². The molecular weight excluding hydrogens is 198 g/mol. The molecule has 3 heteroatoms. The summed E-state index contributed by atoms with van der Waals surface area (Å²) in [5, 5.41) is 0. The van der Waals surface area contributed by atoms with Gasteiger partial charge in [0.25, 0.3) is 0 Å². The minimum Gasteiger partial charge on any atom is -0.326 e. The lowest BCUT2D eigenvalue weighted by Gasteiger charge is -2.00. The van der Waals surface area contributed by atoms with Crippen LogP contribution in [-0.4, -0.2) is 21.8 Å². The maximum absolute atomic E-state index is 4.53. The second-order valence-electron chi connectivity index (χ2n) is 4.05. The summed E-state index contributed by atoms with van der Waals surface area (Å²) < 4.78 is 2.07. The van der Waals surface area contributed by atoms with Gasteiger partial charge in [0.2, 0.25) is 0 Å². The average Bonchev–Trinajstić information content (AvgIpc) is 2.64. The van der Waals surface area contributed by atoms with Crippen LogP contribution in [0, 0.1) is 0 Å². The van der Waals surface area contributed by atoms with E-state index in [2.05, 4.69) is 34.5 Å². The first-order valence-corrected chi connectivity index (χ1v) is 5.67. The summed E-state index contributed by atoms with van der Waals surface area (Å²) in [7, 11) is 2.02. The quantitative estimate of drug-likeness (QED) is 0.724. The number of rotatable bonds is 3. The van der Waals surface area contributed by atoms with Crippen LogP contribution in [0.4, 0.5) is 0 Å². The maximum atomic E-state index is 4.53. The average molecular weight is 215 g/mol. The van der Waals surface area contributed by atoms with Crippen molar-refractivity contribution >= 4 is 17.2 Å². The molecule has 1 unspecified atom stereocenters. The highest BCUT2D eigenvalue weighted by Crippen LogP contribution is 2.13. The lowest BCUT2D eigenvalue weighted by molar-refractivity contribution is 0.719. The summed E-state index contributed by atoms with van der Waals surface area (Å²) in [5.74, 6) is 0.918. The predicted molar refractivity (Wildman–Crippen MR) is 68.1 cm³/mol. The number of aryl methyl sites for hydroxylation is 1. The Morgan fingerprint density at radius 2 is 2.19 bits per heavy atom. The molecule has 0 fully saturated rings. The Morgan fingerprint density at radius 1 is 1.44 bits per heavy atom. The van der Waals surface area contributed by atoms with Crippen LogP contribution in [0.3, 0.4) is 0 Å². The predicted octanol–water partition coefficient (Wildman–Crippen LogP) is 2.79. The molecule has 2 rings (SSSR count). The molecule has 0 aliphatic heterocycles. The van der Waals surface area contributed by atoms with Crippen LogP contribution < -0.4 is 0 Å². The third-order valence-corrected chi connectivity index (χ3v) is 2.86. The lowest BCUT2D eigenvalue weighted by atomic mass is 10.3. The summed E-state index contributed by atoms with van der Waals surface area (Å²) in [6, 6.07) is 8.49. The number of hydrogen-bond donors (Lipinski definition) is 0. The number of fused-ring (bicyclic) bond motifs is 1. The van der Waals surface area contributed by atoms with Crippen LogP contribution in [0.2, 0.25) is 0 Å². The monoisotopic (exact) mass is 215 g/mol. The van der Waals surface area contributed by atoms with Crippen LogP contribution in [0.1, 0.15) is 26.1 Å². The van der Waals surface area contributed by atoms with E-state index in [1.54, 1.807) is 0 Å². The van der Waals surface area contributed by atoms with Crippen molar-refractivity contribution in [3.8, 4) is 0 Å². The Hall–Kier alpha value is -1.64. The fraction of sp³-hybridized carbons (Fsp3) is 0.385. The zero-order chi connectivity index (χ0) is 11.5. The minimum absolute atomic E-state index is 0.361. The lowest BCUT2D eigenvalue weighted by Crippen LogP contribution is -2.00. The normalized spacial score (nSPS) is 13.7. The molecule has 0 saturated carbocycles. The molecule has 1 heterocycles. The molecule has 0 saturated heterocycles. The van der Waals surface area contributed by atoms with Crippen LogP contribution in [0.15, 0.2) is 29.3 Å². The molecule has 1 aromatic carbocycles. The fourth-order valence-corrected chi connectivity index (χ4v) is 1.58. The Labute approximate surface area is 95.8 Å². The molecule has 1 atom stereocenters. The highest BCUT2D eigenvalue weighted by Gasteiger charge is 2.04. The van der Waals surface area contributed by atoms with Gasteiger partial charge in [-0.3, -0.25) is 4.99 Å². The molecule has 0 bridgehead atoms. The zero-order valence-corrected chi connectivity index (χ0v) is 10.0. The van der Waals surface area contributed by atoms with E-state index in [-0.39, 0.29) is 0 Å². The molecule has 0 aliphatic carbocycles. The maximum Gasteiger partial charge on any atom is 0.151 e. The Bertz CT molecular complexity index is 511. The summed E-state index contributed by atoms with van der Waals surface area (Å²) >= 11 is 0. The van der Waals surface area contributed by atoms with Crippen molar-refractivity contribution in [3.63, 3.8) is 0 Å². The van der Waals surface area contributed by atoms with Gasteiger partial charge in [-0.2, -0.15) is 0 Å². The number of benzene rings is 1. The smallest absolute Gasteiger partial charge is 0.151 e. The molecule has 84 valence electrons. The summed E-state index contributed by atoms with van der Waals surface area (Å²) in [6.07, 6.45) is 2.93. The van der Waals surface area contributed by atoms with Gasteiger partial charge in [-0.1, -0.05) is 19.1 Å². The summed E-state index contributed by atoms with van der Waals surface area (Å²) in [5.41, 5.74) is 2.17. The largest absolute Gasteiger partial charge is 0.326 e. The minimum atomic E-state index is 0.361. The van der Waals surface area contributed by atoms with Gasteiger partial charge in [0, 0.05) is 13.1 Å². The van der Waals surface area contributed by atoms with Crippen molar-refractivity contribution in [2.24, 2.45) is 12.0 Å². The van der Waals surface area contributed by atoms with Crippen molar-refractivity contribution in [2.75, 3.05) is 0 Å². The first kappa shape index (κ1) is 10.9. The highest BCUT2D eigenvalue weighted by atomic mass is 15.1. The van der Waals surface area contributed by atoms with Crippen molar-refractivity contribution in [2.45, 2.75) is 26.3 Å². The number of hydrogen-bond acceptors (Lipinski definition) is 2. The third kappa shape index (κ3) is 1.98. The van der Waals surface area contributed by atoms with Gasteiger partial charge in [0.05, 0.1) is 17.2 Å². The molecule has 2 aromatic rings. The SMILES string of the molecule is CCC(C)/N=C/c1nc2ccccc2n1C.